The van der Waals surface area contributed by atoms with Crippen molar-refractivity contribution < 1.29 is 4.79 Å². The van der Waals surface area contributed by atoms with Crippen LogP contribution < -0.4 is 4.90 Å². The zero-order valence-electron chi connectivity index (χ0n) is 14.2. The molecule has 22 heavy (non-hydrogen) atoms. The molecule has 2 amide bonds. The third-order valence-electron chi connectivity index (χ3n) is 4.41. The summed E-state index contributed by atoms with van der Waals surface area (Å²) in [5, 5.41) is 0. The Morgan fingerprint density at radius 1 is 1.14 bits per heavy atom. The monoisotopic (exact) mass is 303 g/mol. The van der Waals surface area contributed by atoms with Crippen LogP contribution in [0.25, 0.3) is 0 Å². The highest BCUT2D eigenvalue weighted by Gasteiger charge is 2.44. The van der Waals surface area contributed by atoms with E-state index in [1.54, 1.807) is 4.90 Å². The Morgan fingerprint density at radius 2 is 1.82 bits per heavy atom. The number of imidazole rings is 1. The quantitative estimate of drug-likeness (QED) is 0.862. The van der Waals surface area contributed by atoms with Crippen LogP contribution >= 0.6 is 0 Å². The fraction of sp³-hybridized carbons (Fsp3) is 0.688. The van der Waals surface area contributed by atoms with E-state index in [1.807, 2.05) is 25.1 Å². The second kappa shape index (κ2) is 5.11. The standard InChI is InChI=1S/C16H25N5O/c1-9(2)12-7-19-15(18-12)13-14(17-8-20(13)10(3)4)21(11(5)6)16(19)22/h8-12H,7H2,1-6H3/t12-/m0/s1. The van der Waals surface area contributed by atoms with E-state index in [1.165, 1.54) is 0 Å². The van der Waals surface area contributed by atoms with Crippen LogP contribution in [0, 0.1) is 5.92 Å². The van der Waals surface area contributed by atoms with Crippen molar-refractivity contribution in [3.8, 4) is 0 Å². The van der Waals surface area contributed by atoms with Crippen molar-refractivity contribution in [2.75, 3.05) is 11.4 Å². The maximum atomic E-state index is 12.9. The zero-order valence-corrected chi connectivity index (χ0v) is 14.2. The van der Waals surface area contributed by atoms with Crippen LogP contribution in [0.5, 0.6) is 0 Å². The Labute approximate surface area is 131 Å². The van der Waals surface area contributed by atoms with Gasteiger partial charge in [-0.05, 0) is 33.6 Å². The van der Waals surface area contributed by atoms with Crippen molar-refractivity contribution in [3.63, 3.8) is 0 Å². The first-order valence-corrected chi connectivity index (χ1v) is 8.08. The summed E-state index contributed by atoms with van der Waals surface area (Å²) in [5.41, 5.74) is 0.978. The third kappa shape index (κ3) is 2.04. The topological polar surface area (TPSA) is 53.7 Å². The van der Waals surface area contributed by atoms with Crippen molar-refractivity contribution in [2.24, 2.45) is 10.9 Å². The number of aromatic nitrogens is 2. The normalized spacial score (nSPS) is 21.0. The largest absolute Gasteiger partial charge is 0.331 e. The van der Waals surface area contributed by atoms with Crippen molar-refractivity contribution in [1.29, 1.82) is 0 Å². The molecule has 6 nitrogen and oxygen atoms in total. The molecule has 1 atom stereocenters. The minimum atomic E-state index is -0.00148. The molecule has 0 radical (unpaired) electrons. The molecule has 0 spiro atoms. The van der Waals surface area contributed by atoms with Gasteiger partial charge in [0.15, 0.2) is 11.7 Å². The second-order valence-electron chi connectivity index (χ2n) is 7.04. The van der Waals surface area contributed by atoms with Gasteiger partial charge in [-0.3, -0.25) is 14.8 Å². The Kier molecular flexibility index (Phi) is 3.50. The number of carbonyl (C=O) groups is 1. The van der Waals surface area contributed by atoms with Gasteiger partial charge in [-0.1, -0.05) is 13.8 Å². The van der Waals surface area contributed by atoms with Gasteiger partial charge in [0.1, 0.15) is 5.69 Å². The molecule has 0 aliphatic carbocycles. The molecule has 2 aliphatic heterocycles. The van der Waals surface area contributed by atoms with E-state index in [0.717, 1.165) is 17.3 Å². The molecule has 0 bridgehead atoms. The molecule has 2 aliphatic rings. The van der Waals surface area contributed by atoms with Gasteiger partial charge in [-0.15, -0.1) is 0 Å². The Bertz CT molecular complexity index is 628. The summed E-state index contributed by atoms with van der Waals surface area (Å²) in [6, 6.07) is 0.510. The first-order valence-electron chi connectivity index (χ1n) is 8.08. The average Bonchev–Trinajstić information content (AvgIpc) is 3.01. The number of urea groups is 1. The Balaban J connectivity index is 2.17. The van der Waals surface area contributed by atoms with Gasteiger partial charge in [0.2, 0.25) is 0 Å². The number of aliphatic imine (C=N–C) groups is 1. The van der Waals surface area contributed by atoms with Gasteiger partial charge in [0, 0.05) is 12.1 Å². The number of amidine groups is 1. The second-order valence-corrected chi connectivity index (χ2v) is 7.04. The molecule has 1 aromatic heterocycles. The van der Waals surface area contributed by atoms with Gasteiger partial charge in [-0.2, -0.15) is 0 Å². The van der Waals surface area contributed by atoms with E-state index in [4.69, 9.17) is 4.99 Å². The maximum Gasteiger partial charge on any atom is 0.331 e. The van der Waals surface area contributed by atoms with E-state index in [9.17, 15) is 4.79 Å². The molecule has 0 fully saturated rings. The van der Waals surface area contributed by atoms with Crippen molar-refractivity contribution >= 4 is 17.7 Å². The molecule has 0 N–H and O–H groups in total. The first kappa shape index (κ1) is 15.1. The molecule has 0 saturated carbocycles. The molecule has 3 rings (SSSR count). The van der Waals surface area contributed by atoms with E-state index >= 15 is 0 Å². The Morgan fingerprint density at radius 3 is 2.36 bits per heavy atom. The summed E-state index contributed by atoms with van der Waals surface area (Å²) in [4.78, 5) is 25.9. The molecule has 3 heterocycles. The summed E-state index contributed by atoms with van der Waals surface area (Å²) in [6.45, 7) is 13.3. The number of hydrogen-bond donors (Lipinski definition) is 0. The number of hydrogen-bond acceptors (Lipinski definition) is 3. The highest BCUT2D eigenvalue weighted by Crippen LogP contribution is 2.34. The minimum absolute atomic E-state index is 0.00148. The fourth-order valence-electron chi connectivity index (χ4n) is 3.08. The molecular weight excluding hydrogens is 278 g/mol. The summed E-state index contributed by atoms with van der Waals surface area (Å²) < 4.78 is 2.12. The van der Waals surface area contributed by atoms with Crippen molar-refractivity contribution in [1.82, 2.24) is 14.5 Å². The summed E-state index contributed by atoms with van der Waals surface area (Å²) in [6.07, 6.45) is 1.83. The van der Waals surface area contributed by atoms with Gasteiger partial charge in [0.25, 0.3) is 0 Å². The van der Waals surface area contributed by atoms with Crippen LogP contribution in [-0.2, 0) is 0 Å². The predicted molar refractivity (Wildman–Crippen MR) is 87.5 cm³/mol. The lowest BCUT2D eigenvalue weighted by molar-refractivity contribution is 0.223. The summed E-state index contributed by atoms with van der Waals surface area (Å²) >= 11 is 0. The van der Waals surface area contributed by atoms with Gasteiger partial charge >= 0.3 is 6.03 Å². The first-order chi connectivity index (χ1) is 10.3. The van der Waals surface area contributed by atoms with Gasteiger partial charge < -0.3 is 4.57 Å². The number of carbonyl (C=O) groups excluding carboxylic acids is 1. The summed E-state index contributed by atoms with van der Waals surface area (Å²) in [5.74, 6) is 1.95. The molecule has 6 heteroatoms. The average molecular weight is 303 g/mol. The van der Waals surface area contributed by atoms with E-state index in [0.29, 0.717) is 12.5 Å². The van der Waals surface area contributed by atoms with E-state index in [2.05, 4.69) is 37.2 Å². The number of anilines is 1. The van der Waals surface area contributed by atoms with Crippen molar-refractivity contribution in [2.45, 2.75) is 59.7 Å². The molecule has 1 aromatic rings. The smallest absolute Gasteiger partial charge is 0.324 e. The number of fused-ring (bicyclic) bond motifs is 3. The number of nitrogens with zero attached hydrogens (tertiary/aromatic N) is 5. The maximum absolute atomic E-state index is 12.9. The highest BCUT2D eigenvalue weighted by atomic mass is 16.2. The van der Waals surface area contributed by atoms with Crippen LogP contribution in [-0.4, -0.2) is 44.9 Å². The van der Waals surface area contributed by atoms with Crippen LogP contribution in [0.1, 0.15) is 53.3 Å². The van der Waals surface area contributed by atoms with Crippen LogP contribution in [0.4, 0.5) is 10.6 Å². The molecule has 0 unspecified atom stereocenters. The Hall–Kier alpha value is -1.85. The fourth-order valence-corrected chi connectivity index (χ4v) is 3.08. The SMILES string of the molecule is CC(C)[C@@H]1CN2C(=O)N(C(C)C)c3ncn(C(C)C)c3C2=N1. The van der Waals surface area contributed by atoms with Gasteiger partial charge in [-0.25, -0.2) is 9.78 Å². The van der Waals surface area contributed by atoms with Crippen LogP contribution in [0.3, 0.4) is 0 Å². The van der Waals surface area contributed by atoms with Crippen LogP contribution in [0.15, 0.2) is 11.3 Å². The highest BCUT2D eigenvalue weighted by molar-refractivity contribution is 6.18. The number of rotatable bonds is 3. The summed E-state index contributed by atoms with van der Waals surface area (Å²) in [7, 11) is 0. The van der Waals surface area contributed by atoms with E-state index in [-0.39, 0.29) is 24.2 Å². The molecule has 120 valence electrons. The lowest BCUT2D eigenvalue weighted by atomic mass is 10.1. The predicted octanol–water partition coefficient (Wildman–Crippen LogP) is 2.90. The third-order valence-corrected chi connectivity index (χ3v) is 4.41. The lowest BCUT2D eigenvalue weighted by Gasteiger charge is -2.35. The zero-order chi connectivity index (χ0) is 16.2. The minimum Gasteiger partial charge on any atom is -0.324 e. The van der Waals surface area contributed by atoms with E-state index < -0.39 is 0 Å². The van der Waals surface area contributed by atoms with Crippen LogP contribution in [0.2, 0.25) is 0 Å². The van der Waals surface area contributed by atoms with Crippen molar-refractivity contribution in [3.05, 3.63) is 12.0 Å². The molecule has 0 aromatic carbocycles. The van der Waals surface area contributed by atoms with Gasteiger partial charge in [0.05, 0.1) is 18.9 Å². The number of amides is 2. The molecular formula is C16H25N5O. The molecule has 0 saturated heterocycles. The lowest BCUT2D eigenvalue weighted by Crippen LogP contribution is -2.53.